The average Bonchev–Trinajstić information content (AvgIpc) is 2.85. The second-order valence-electron chi connectivity index (χ2n) is 10.5. The van der Waals surface area contributed by atoms with Gasteiger partial charge >= 0.3 is 12.4 Å². The molecule has 1 atom stereocenters. The van der Waals surface area contributed by atoms with Gasteiger partial charge in [0.15, 0.2) is 0 Å². The predicted octanol–water partition coefficient (Wildman–Crippen LogP) is 10.3. The minimum Gasteiger partial charge on any atom is -0.481 e. The van der Waals surface area contributed by atoms with Crippen molar-refractivity contribution in [1.29, 1.82) is 0 Å². The minimum atomic E-state index is -4.53. The number of carboxylic acids is 1. The van der Waals surface area contributed by atoms with Crippen molar-refractivity contribution in [1.82, 2.24) is 4.90 Å². The highest BCUT2D eigenvalue weighted by atomic mass is 19.4. The molecule has 1 heterocycles. The summed E-state index contributed by atoms with van der Waals surface area (Å²) in [5, 5.41) is 7.42. The van der Waals surface area contributed by atoms with Crippen LogP contribution in [0, 0.1) is 5.41 Å². The summed E-state index contributed by atoms with van der Waals surface area (Å²) in [4.78, 5) is 10.7. The number of piperidine rings is 1. The van der Waals surface area contributed by atoms with Crippen LogP contribution in [0.5, 0.6) is 0 Å². The Bertz CT molecular complexity index is 1020. The number of halogens is 8. The number of carboxylic acid groups (broad SMARTS) is 1. The lowest BCUT2D eigenvalue weighted by Crippen LogP contribution is -2.41. The molecule has 3 rings (SSSR count). The Balaban J connectivity index is 0.00000113. The fraction of sp³-hybridized carbons (Fsp3) is 0.567. The first-order chi connectivity index (χ1) is 18.6. The van der Waals surface area contributed by atoms with E-state index in [1.807, 2.05) is 13.8 Å². The van der Waals surface area contributed by atoms with Crippen LogP contribution in [0.25, 0.3) is 0 Å². The Morgan fingerprint density at radius 3 is 1.59 bits per heavy atom. The second kappa shape index (κ2) is 16.1. The molecule has 1 saturated heterocycles. The van der Waals surface area contributed by atoms with E-state index in [4.69, 9.17) is 9.90 Å². The Morgan fingerprint density at radius 1 is 0.878 bits per heavy atom. The summed E-state index contributed by atoms with van der Waals surface area (Å²) < 4.78 is 104. The van der Waals surface area contributed by atoms with E-state index in [1.165, 1.54) is 30.7 Å². The molecular formula is C30H41F8NO2. The van der Waals surface area contributed by atoms with Gasteiger partial charge in [-0.3, -0.25) is 9.69 Å². The van der Waals surface area contributed by atoms with E-state index < -0.39 is 54.3 Å². The Morgan fingerprint density at radius 2 is 1.24 bits per heavy atom. The number of hydrogen-bond donors (Lipinski definition) is 1. The molecule has 0 radical (unpaired) electrons. The van der Waals surface area contributed by atoms with Crippen LogP contribution in [-0.2, 0) is 23.7 Å². The molecule has 0 saturated carbocycles. The highest BCUT2D eigenvalue weighted by Crippen LogP contribution is 2.41. The van der Waals surface area contributed by atoms with Crippen LogP contribution >= 0.6 is 0 Å². The smallest absolute Gasteiger partial charge is 0.416 e. The molecular weight excluding hydrogens is 558 g/mol. The van der Waals surface area contributed by atoms with E-state index in [1.54, 1.807) is 4.90 Å². The molecule has 0 bridgehead atoms. The van der Waals surface area contributed by atoms with Gasteiger partial charge in [-0.05, 0) is 40.8 Å². The number of alkyl halides is 8. The van der Waals surface area contributed by atoms with Crippen molar-refractivity contribution >= 4 is 5.97 Å². The number of rotatable bonds is 3. The lowest BCUT2D eigenvalue weighted by molar-refractivity contribution is -0.138. The first-order valence-electron chi connectivity index (χ1n) is 13.3. The Hall–Kier alpha value is -2.69. The normalized spacial score (nSPS) is 17.1. The standard InChI is InChI=1S/C20H17F8N.C6H14.C2H4O2.C2H6/c21-18(22)9-10-29(12-13-1-5-15(6-2-13)19(23,24)25)17(11-18)14-3-7-16(8-4-14)20(26,27)28;1-5-6(2,3)4;1-2(3)4;1-2/h1-8,17H,9-12H2;5H2,1-4H3;1H3,(H,3,4);1-2H3. The first kappa shape index (κ1) is 38.3. The van der Waals surface area contributed by atoms with Gasteiger partial charge in [0.05, 0.1) is 11.1 Å². The maximum atomic E-state index is 14.0. The number of hydrogen-bond acceptors (Lipinski definition) is 2. The molecule has 0 amide bonds. The lowest BCUT2D eigenvalue weighted by Gasteiger charge is -2.39. The average molecular weight is 600 g/mol. The molecule has 1 aliphatic rings. The van der Waals surface area contributed by atoms with E-state index in [2.05, 4.69) is 27.7 Å². The predicted molar refractivity (Wildman–Crippen MR) is 145 cm³/mol. The van der Waals surface area contributed by atoms with Crippen LogP contribution in [0.1, 0.15) is 96.0 Å². The van der Waals surface area contributed by atoms with Crippen LogP contribution < -0.4 is 0 Å². The number of likely N-dealkylation sites (tertiary alicyclic amines) is 1. The third kappa shape index (κ3) is 15.2. The summed E-state index contributed by atoms with van der Waals surface area (Å²) in [6.07, 6.45) is -8.74. The van der Waals surface area contributed by atoms with Crippen molar-refractivity contribution in [2.75, 3.05) is 6.54 Å². The van der Waals surface area contributed by atoms with Gasteiger partial charge in [-0.15, -0.1) is 0 Å². The molecule has 2 aromatic carbocycles. The molecule has 11 heteroatoms. The largest absolute Gasteiger partial charge is 0.481 e. The maximum absolute atomic E-state index is 14.0. The van der Waals surface area contributed by atoms with Gasteiger partial charge in [0.25, 0.3) is 11.9 Å². The van der Waals surface area contributed by atoms with Gasteiger partial charge in [0.1, 0.15) is 0 Å². The highest BCUT2D eigenvalue weighted by molar-refractivity contribution is 5.62. The van der Waals surface area contributed by atoms with Crippen LogP contribution in [0.2, 0.25) is 0 Å². The van der Waals surface area contributed by atoms with E-state index in [-0.39, 0.29) is 13.1 Å². The van der Waals surface area contributed by atoms with Crippen LogP contribution in [0.4, 0.5) is 35.1 Å². The molecule has 0 aromatic heterocycles. The monoisotopic (exact) mass is 599 g/mol. The Kier molecular flexibility index (Phi) is 15.0. The fourth-order valence-electron chi connectivity index (χ4n) is 3.42. The van der Waals surface area contributed by atoms with Gasteiger partial charge in [-0.1, -0.05) is 72.2 Å². The topological polar surface area (TPSA) is 40.5 Å². The molecule has 0 aliphatic carbocycles. The first-order valence-corrected chi connectivity index (χ1v) is 13.3. The van der Waals surface area contributed by atoms with E-state index >= 15 is 0 Å². The van der Waals surface area contributed by atoms with Crippen LogP contribution in [0.15, 0.2) is 48.5 Å². The van der Waals surface area contributed by atoms with E-state index in [0.717, 1.165) is 31.2 Å². The molecule has 1 unspecified atom stereocenters. The van der Waals surface area contributed by atoms with Crippen LogP contribution in [0.3, 0.4) is 0 Å². The molecule has 41 heavy (non-hydrogen) atoms. The number of nitrogens with zero attached hydrogens (tertiary/aromatic N) is 1. The number of benzene rings is 2. The number of carbonyl (C=O) groups is 1. The summed E-state index contributed by atoms with van der Waals surface area (Å²) in [6, 6.07) is 7.59. The summed E-state index contributed by atoms with van der Waals surface area (Å²) in [5.41, 5.74) is -0.340. The zero-order valence-corrected chi connectivity index (χ0v) is 24.6. The van der Waals surface area contributed by atoms with Crippen molar-refractivity contribution in [2.45, 2.75) is 98.6 Å². The van der Waals surface area contributed by atoms with E-state index in [9.17, 15) is 35.1 Å². The number of aliphatic carboxylic acids is 1. The lowest BCUT2D eigenvalue weighted by atomic mass is 9.91. The fourth-order valence-corrected chi connectivity index (χ4v) is 3.42. The molecule has 1 aliphatic heterocycles. The van der Waals surface area contributed by atoms with Crippen molar-refractivity contribution < 1.29 is 45.0 Å². The van der Waals surface area contributed by atoms with Crippen molar-refractivity contribution in [3.05, 3.63) is 70.8 Å². The highest BCUT2D eigenvalue weighted by Gasteiger charge is 2.41. The SMILES string of the molecule is CC.CC(=O)O.CCC(C)(C)C.FC1(F)CCN(Cc2ccc(C(F)(F)F)cc2)C(c2ccc(C(F)(F)F)cc2)C1. The van der Waals surface area contributed by atoms with Gasteiger partial charge in [0, 0.05) is 38.9 Å². The summed E-state index contributed by atoms with van der Waals surface area (Å²) in [6.45, 7) is 14.1. The maximum Gasteiger partial charge on any atom is 0.416 e. The third-order valence-corrected chi connectivity index (χ3v) is 6.05. The molecule has 1 N–H and O–H groups in total. The van der Waals surface area contributed by atoms with Crippen molar-refractivity contribution in [3.63, 3.8) is 0 Å². The molecule has 234 valence electrons. The quantitative estimate of drug-likeness (QED) is 0.357. The zero-order chi connectivity index (χ0) is 32.2. The van der Waals surface area contributed by atoms with Crippen molar-refractivity contribution in [2.24, 2.45) is 5.41 Å². The third-order valence-electron chi connectivity index (χ3n) is 6.05. The molecule has 0 spiro atoms. The van der Waals surface area contributed by atoms with Gasteiger partial charge in [-0.25, -0.2) is 8.78 Å². The van der Waals surface area contributed by atoms with E-state index in [0.29, 0.717) is 16.5 Å². The summed E-state index contributed by atoms with van der Waals surface area (Å²) in [5.74, 6) is -3.80. The molecule has 1 fully saturated rings. The van der Waals surface area contributed by atoms with Gasteiger partial charge in [0.2, 0.25) is 0 Å². The zero-order valence-electron chi connectivity index (χ0n) is 24.6. The Labute approximate surface area is 237 Å². The van der Waals surface area contributed by atoms with Crippen LogP contribution in [-0.4, -0.2) is 28.4 Å². The summed E-state index contributed by atoms with van der Waals surface area (Å²) in [7, 11) is 0. The van der Waals surface area contributed by atoms with Gasteiger partial charge in [-0.2, -0.15) is 26.3 Å². The van der Waals surface area contributed by atoms with Gasteiger partial charge < -0.3 is 5.11 Å². The minimum absolute atomic E-state index is 0.0281. The molecule has 2 aromatic rings. The van der Waals surface area contributed by atoms with Crippen molar-refractivity contribution in [3.8, 4) is 0 Å². The summed E-state index contributed by atoms with van der Waals surface area (Å²) >= 11 is 0. The second-order valence-corrected chi connectivity index (χ2v) is 10.5. The molecule has 3 nitrogen and oxygen atoms in total.